The van der Waals surface area contributed by atoms with Crippen molar-refractivity contribution < 1.29 is 29.1 Å². The van der Waals surface area contributed by atoms with Gasteiger partial charge in [-0.05, 0) is 69.4 Å². The summed E-state index contributed by atoms with van der Waals surface area (Å²) in [7, 11) is 0. The van der Waals surface area contributed by atoms with Gasteiger partial charge >= 0.3 is 12.2 Å². The molecular weight excluding hydrogens is 438 g/mol. The first-order valence-corrected chi connectivity index (χ1v) is 11.2. The number of aromatic nitrogens is 2. The second kappa shape index (κ2) is 11.3. The normalized spacial score (nSPS) is 13.9. The van der Waals surface area contributed by atoms with E-state index in [0.29, 0.717) is 11.4 Å². The van der Waals surface area contributed by atoms with Crippen LogP contribution >= 0.6 is 0 Å². The number of nitrogens with zero attached hydrogens (tertiary/aromatic N) is 2. The maximum absolute atomic E-state index is 12.6. The highest BCUT2D eigenvalue weighted by Gasteiger charge is 2.29. The summed E-state index contributed by atoms with van der Waals surface area (Å²) in [6, 6.07) is 17.2. The van der Waals surface area contributed by atoms with E-state index in [-0.39, 0.29) is 18.0 Å². The quantitative estimate of drug-likeness (QED) is 0.427. The number of nitrogens with one attached hydrogen (secondary N) is 1. The lowest BCUT2D eigenvalue weighted by Crippen LogP contribution is -2.21. The van der Waals surface area contributed by atoms with Gasteiger partial charge in [-0.15, -0.1) is 0 Å². The number of carboxylic acid groups (broad SMARTS) is 2. The molecule has 0 unspecified atom stereocenters. The monoisotopic (exact) mass is 467 g/mol. The van der Waals surface area contributed by atoms with Gasteiger partial charge in [0.15, 0.2) is 5.82 Å². The third-order valence-corrected chi connectivity index (χ3v) is 5.67. The van der Waals surface area contributed by atoms with Gasteiger partial charge in [-0.25, -0.2) is 4.79 Å². The summed E-state index contributed by atoms with van der Waals surface area (Å²) < 4.78 is 11.3. The van der Waals surface area contributed by atoms with E-state index >= 15 is 0 Å². The summed E-state index contributed by atoms with van der Waals surface area (Å²) in [5.74, 6) is 1.01. The Bertz CT molecular complexity index is 1070. The van der Waals surface area contributed by atoms with Gasteiger partial charge in [-0.2, -0.15) is 4.98 Å². The van der Waals surface area contributed by atoms with Crippen LogP contribution in [0.15, 0.2) is 59.1 Å². The van der Waals surface area contributed by atoms with Crippen LogP contribution in [0.3, 0.4) is 0 Å². The molecule has 0 bridgehead atoms. The highest BCUT2D eigenvalue weighted by Crippen LogP contribution is 2.30. The van der Waals surface area contributed by atoms with E-state index in [4.69, 9.17) is 24.3 Å². The molecule has 0 aliphatic heterocycles. The van der Waals surface area contributed by atoms with E-state index in [1.54, 1.807) is 12.1 Å². The zero-order valence-electron chi connectivity index (χ0n) is 19.2. The second-order valence-corrected chi connectivity index (χ2v) is 8.55. The molecule has 3 aromatic rings. The molecule has 9 nitrogen and oxygen atoms in total. The minimum Gasteiger partial charge on any atom is -0.490 e. The van der Waals surface area contributed by atoms with Gasteiger partial charge in [0.1, 0.15) is 5.75 Å². The van der Waals surface area contributed by atoms with Crippen molar-refractivity contribution in [1.29, 1.82) is 0 Å². The number of benzene rings is 2. The Hall–Kier alpha value is -3.88. The number of hydrogen-bond donors (Lipinski definition) is 3. The Kier molecular flexibility index (Phi) is 8.24. The molecule has 0 saturated heterocycles. The van der Waals surface area contributed by atoms with Gasteiger partial charge in [0.05, 0.1) is 11.5 Å². The number of amides is 1. The second-order valence-electron chi connectivity index (χ2n) is 8.55. The Morgan fingerprint density at radius 1 is 1.00 bits per heavy atom. The molecule has 2 aromatic carbocycles. The van der Waals surface area contributed by atoms with Crippen molar-refractivity contribution in [3.8, 4) is 5.75 Å². The van der Waals surface area contributed by atoms with Gasteiger partial charge in [-0.3, -0.25) is 10.1 Å². The van der Waals surface area contributed by atoms with Crippen LogP contribution in [0.1, 0.15) is 67.7 Å². The molecule has 1 heterocycles. The number of carbonyl (C=O) groups excluding carboxylic acids is 1. The molecule has 1 aliphatic carbocycles. The Balaban J connectivity index is 0.000000751. The van der Waals surface area contributed by atoms with Crippen LogP contribution in [0.25, 0.3) is 0 Å². The Labute approximate surface area is 197 Å². The minimum absolute atomic E-state index is 0.0848. The first-order valence-electron chi connectivity index (χ1n) is 11.2. The van der Waals surface area contributed by atoms with Crippen molar-refractivity contribution in [2.45, 2.75) is 57.5 Å². The van der Waals surface area contributed by atoms with Crippen molar-refractivity contribution in [2.24, 2.45) is 0 Å². The molecular formula is C25H29N3O6. The lowest BCUT2D eigenvalue weighted by atomic mass is 9.84. The molecule has 4 rings (SSSR count). The molecule has 0 spiro atoms. The maximum atomic E-state index is 12.6. The van der Waals surface area contributed by atoms with E-state index in [1.165, 1.54) is 19.3 Å². The van der Waals surface area contributed by atoms with E-state index in [1.807, 2.05) is 56.3 Å². The van der Waals surface area contributed by atoms with Crippen LogP contribution in [-0.4, -0.2) is 38.5 Å². The molecule has 3 N–H and O–H groups in total. The fourth-order valence-corrected chi connectivity index (χ4v) is 3.74. The van der Waals surface area contributed by atoms with E-state index in [9.17, 15) is 4.79 Å². The number of anilines is 1. The summed E-state index contributed by atoms with van der Waals surface area (Å²) >= 11 is 0. The smallest absolute Gasteiger partial charge is 0.490 e. The molecule has 9 heteroatoms. The van der Waals surface area contributed by atoms with E-state index in [0.717, 1.165) is 24.2 Å². The Morgan fingerprint density at radius 3 is 2.24 bits per heavy atom. The maximum Gasteiger partial charge on any atom is 0.503 e. The standard InChI is InChI=1S/C24H27N3O3.CH2O3/c1-24(2,18-9-5-3-6-10-18)22-26-23(30-27-22)25-21(28)17-13-15-20(16-14-17)29-19-11-7-4-8-12-19;2-1(3)4/h3,5-6,9-10,13-16,19H,4,7-8,11-12H2,1-2H3,(H,25,26,27,28);(H2,2,3,4). The van der Waals surface area contributed by atoms with Crippen LogP contribution in [0.4, 0.5) is 10.8 Å². The van der Waals surface area contributed by atoms with Crippen LogP contribution in [0.5, 0.6) is 5.75 Å². The van der Waals surface area contributed by atoms with Crippen molar-refractivity contribution in [3.05, 3.63) is 71.5 Å². The number of rotatable bonds is 6. The molecule has 1 aliphatic rings. The molecule has 0 radical (unpaired) electrons. The third-order valence-electron chi connectivity index (χ3n) is 5.67. The summed E-state index contributed by atoms with van der Waals surface area (Å²) in [5.41, 5.74) is 1.14. The SMILES string of the molecule is CC(C)(c1ccccc1)c1noc(NC(=O)c2ccc(OC3CCCCC3)cc2)n1.O=C(O)O. The van der Waals surface area contributed by atoms with Gasteiger partial charge in [0, 0.05) is 5.56 Å². The van der Waals surface area contributed by atoms with E-state index in [2.05, 4.69) is 15.5 Å². The zero-order valence-corrected chi connectivity index (χ0v) is 19.2. The van der Waals surface area contributed by atoms with Crippen LogP contribution in [-0.2, 0) is 5.41 Å². The molecule has 1 aromatic heterocycles. The van der Waals surface area contributed by atoms with Crippen LogP contribution in [0.2, 0.25) is 0 Å². The summed E-state index contributed by atoms with van der Waals surface area (Å²) in [4.78, 5) is 25.5. The summed E-state index contributed by atoms with van der Waals surface area (Å²) in [6.07, 6.45) is 4.38. The highest BCUT2D eigenvalue weighted by molar-refractivity contribution is 6.03. The van der Waals surface area contributed by atoms with Crippen molar-refractivity contribution in [1.82, 2.24) is 10.1 Å². The van der Waals surface area contributed by atoms with Crippen LogP contribution < -0.4 is 10.1 Å². The van der Waals surface area contributed by atoms with Gasteiger partial charge in [-0.1, -0.05) is 41.9 Å². The van der Waals surface area contributed by atoms with Crippen molar-refractivity contribution in [2.75, 3.05) is 5.32 Å². The highest BCUT2D eigenvalue weighted by atomic mass is 16.6. The van der Waals surface area contributed by atoms with Gasteiger partial charge < -0.3 is 19.5 Å². The fraction of sp³-hybridized carbons (Fsp3) is 0.360. The summed E-state index contributed by atoms with van der Waals surface area (Å²) in [6.45, 7) is 4.04. The van der Waals surface area contributed by atoms with Gasteiger partial charge in [0.2, 0.25) is 0 Å². The number of hydrogen-bond acceptors (Lipinski definition) is 6. The van der Waals surface area contributed by atoms with Crippen molar-refractivity contribution in [3.63, 3.8) is 0 Å². The average molecular weight is 468 g/mol. The molecule has 0 atom stereocenters. The first-order chi connectivity index (χ1) is 16.3. The van der Waals surface area contributed by atoms with Gasteiger partial charge in [0.25, 0.3) is 5.91 Å². The summed E-state index contributed by atoms with van der Waals surface area (Å²) in [5, 5.41) is 20.7. The zero-order chi connectivity index (χ0) is 24.6. The lowest BCUT2D eigenvalue weighted by Gasteiger charge is -2.23. The fourth-order valence-electron chi connectivity index (χ4n) is 3.74. The first kappa shape index (κ1) is 24.8. The number of ether oxygens (including phenoxy) is 1. The Morgan fingerprint density at radius 2 is 1.62 bits per heavy atom. The predicted octanol–water partition coefficient (Wildman–Crippen LogP) is 5.58. The third kappa shape index (κ3) is 6.81. The van der Waals surface area contributed by atoms with Crippen LogP contribution in [0, 0.1) is 0 Å². The molecule has 180 valence electrons. The molecule has 1 amide bonds. The average Bonchev–Trinajstić information content (AvgIpc) is 3.30. The topological polar surface area (TPSA) is 135 Å². The van der Waals surface area contributed by atoms with E-state index < -0.39 is 11.6 Å². The number of carbonyl (C=O) groups is 2. The lowest BCUT2D eigenvalue weighted by molar-refractivity contribution is 0.102. The molecule has 1 saturated carbocycles. The minimum atomic E-state index is -1.83. The van der Waals surface area contributed by atoms with Crippen molar-refractivity contribution >= 4 is 18.1 Å². The predicted molar refractivity (Wildman–Crippen MR) is 125 cm³/mol. The molecule has 1 fully saturated rings. The largest absolute Gasteiger partial charge is 0.503 e. The molecule has 34 heavy (non-hydrogen) atoms.